The molecule has 1 fully saturated rings. The molecule has 1 atom stereocenters. The van der Waals surface area contributed by atoms with Gasteiger partial charge in [-0.1, -0.05) is 12.1 Å². The SMILES string of the molecule is C#CCCC1(CCC(=O)N2CCCC2c2cccc(N(C)C)c2)N=N1. The average molecular weight is 338 g/mol. The smallest absolute Gasteiger partial charge is 0.223 e. The van der Waals surface area contributed by atoms with Crippen LogP contribution in [0, 0.1) is 12.3 Å². The highest BCUT2D eigenvalue weighted by molar-refractivity contribution is 5.77. The number of carbonyl (C=O) groups is 1. The molecule has 0 spiro atoms. The van der Waals surface area contributed by atoms with Crippen LogP contribution in [0.2, 0.25) is 0 Å². The van der Waals surface area contributed by atoms with E-state index in [1.54, 1.807) is 0 Å². The topological polar surface area (TPSA) is 48.3 Å². The summed E-state index contributed by atoms with van der Waals surface area (Å²) in [5, 5.41) is 8.26. The highest BCUT2D eigenvalue weighted by Gasteiger charge is 2.40. The van der Waals surface area contributed by atoms with Crippen molar-refractivity contribution in [1.29, 1.82) is 0 Å². The Bertz CT molecular complexity index is 698. The highest BCUT2D eigenvalue weighted by Crippen LogP contribution is 2.39. The fourth-order valence-corrected chi connectivity index (χ4v) is 3.54. The molecular formula is C20H26N4O. The van der Waals surface area contributed by atoms with Crippen LogP contribution in [0.25, 0.3) is 0 Å². The van der Waals surface area contributed by atoms with Crippen LogP contribution in [0.3, 0.4) is 0 Å². The number of anilines is 1. The van der Waals surface area contributed by atoms with Crippen molar-refractivity contribution in [3.05, 3.63) is 29.8 Å². The maximum Gasteiger partial charge on any atom is 0.223 e. The molecule has 5 nitrogen and oxygen atoms in total. The molecule has 0 bridgehead atoms. The molecule has 132 valence electrons. The van der Waals surface area contributed by atoms with Crippen LogP contribution in [0.4, 0.5) is 5.69 Å². The molecule has 0 N–H and O–H groups in total. The number of rotatable bonds is 7. The first-order valence-corrected chi connectivity index (χ1v) is 8.99. The third-order valence-electron chi connectivity index (χ3n) is 5.14. The van der Waals surface area contributed by atoms with E-state index in [9.17, 15) is 4.79 Å². The molecule has 0 radical (unpaired) electrons. The van der Waals surface area contributed by atoms with Crippen LogP contribution >= 0.6 is 0 Å². The largest absolute Gasteiger partial charge is 0.378 e. The Morgan fingerprint density at radius 2 is 2.20 bits per heavy atom. The first kappa shape index (κ1) is 17.5. The van der Waals surface area contributed by atoms with Crippen LogP contribution in [0.1, 0.15) is 50.1 Å². The van der Waals surface area contributed by atoms with Gasteiger partial charge in [0.05, 0.1) is 6.04 Å². The van der Waals surface area contributed by atoms with E-state index >= 15 is 0 Å². The van der Waals surface area contributed by atoms with E-state index in [1.165, 1.54) is 11.3 Å². The summed E-state index contributed by atoms with van der Waals surface area (Å²) in [6.07, 6.45) is 9.98. The monoisotopic (exact) mass is 338 g/mol. The number of carbonyl (C=O) groups excluding carboxylic acids is 1. The predicted molar refractivity (Wildman–Crippen MR) is 99.3 cm³/mol. The number of likely N-dealkylation sites (tertiary alicyclic amines) is 1. The van der Waals surface area contributed by atoms with Crippen molar-refractivity contribution in [1.82, 2.24) is 4.90 Å². The lowest BCUT2D eigenvalue weighted by atomic mass is 10.0. The van der Waals surface area contributed by atoms with Gasteiger partial charge in [0.15, 0.2) is 5.66 Å². The normalized spacial score (nSPS) is 20.4. The Morgan fingerprint density at radius 1 is 1.40 bits per heavy atom. The van der Waals surface area contributed by atoms with Crippen molar-refractivity contribution in [2.24, 2.45) is 10.2 Å². The minimum atomic E-state index is -0.373. The number of terminal acetylenes is 1. The van der Waals surface area contributed by atoms with Gasteiger partial charge in [-0.25, -0.2) is 0 Å². The summed E-state index contributed by atoms with van der Waals surface area (Å²) in [5.74, 6) is 2.83. The lowest BCUT2D eigenvalue weighted by Crippen LogP contribution is -2.31. The lowest BCUT2D eigenvalue weighted by Gasteiger charge is -2.26. The summed E-state index contributed by atoms with van der Waals surface area (Å²) in [4.78, 5) is 16.9. The maximum absolute atomic E-state index is 12.8. The minimum Gasteiger partial charge on any atom is -0.378 e. The average Bonchev–Trinajstić information content (AvgIpc) is 3.22. The quantitative estimate of drug-likeness (QED) is 0.711. The Labute approximate surface area is 150 Å². The molecular weight excluding hydrogens is 312 g/mol. The van der Waals surface area contributed by atoms with E-state index in [-0.39, 0.29) is 17.6 Å². The van der Waals surface area contributed by atoms with Gasteiger partial charge in [0.25, 0.3) is 0 Å². The lowest BCUT2D eigenvalue weighted by molar-refractivity contribution is -0.132. The second-order valence-electron chi connectivity index (χ2n) is 7.12. The van der Waals surface area contributed by atoms with Gasteiger partial charge < -0.3 is 9.80 Å². The maximum atomic E-state index is 12.8. The predicted octanol–water partition coefficient (Wildman–Crippen LogP) is 3.77. The van der Waals surface area contributed by atoms with Gasteiger partial charge in [-0.15, -0.1) is 12.3 Å². The first-order valence-electron chi connectivity index (χ1n) is 8.99. The molecule has 2 heterocycles. The fourth-order valence-electron chi connectivity index (χ4n) is 3.54. The van der Waals surface area contributed by atoms with E-state index < -0.39 is 0 Å². The second-order valence-corrected chi connectivity index (χ2v) is 7.12. The summed E-state index contributed by atoms with van der Waals surface area (Å²) < 4.78 is 0. The Balaban J connectivity index is 1.62. The summed E-state index contributed by atoms with van der Waals surface area (Å²) in [6, 6.07) is 8.67. The molecule has 25 heavy (non-hydrogen) atoms. The molecule has 1 aromatic rings. The Kier molecular flexibility index (Phi) is 5.08. The van der Waals surface area contributed by atoms with E-state index in [0.717, 1.165) is 25.8 Å². The molecule has 1 aromatic carbocycles. The van der Waals surface area contributed by atoms with Crippen LogP contribution < -0.4 is 4.90 Å². The molecule has 5 heteroatoms. The summed E-state index contributed by atoms with van der Waals surface area (Å²) in [5.41, 5.74) is 2.02. The van der Waals surface area contributed by atoms with Crippen LogP contribution in [-0.2, 0) is 4.79 Å². The number of amides is 1. The summed E-state index contributed by atoms with van der Waals surface area (Å²) in [6.45, 7) is 0.835. The third-order valence-corrected chi connectivity index (χ3v) is 5.14. The molecule has 2 aliphatic rings. The highest BCUT2D eigenvalue weighted by atomic mass is 16.2. The molecule has 3 rings (SSSR count). The molecule has 0 saturated carbocycles. The van der Waals surface area contributed by atoms with Gasteiger partial charge in [0, 0.05) is 52.0 Å². The molecule has 1 saturated heterocycles. The first-order chi connectivity index (χ1) is 12.0. The van der Waals surface area contributed by atoms with Crippen LogP contribution in [-0.4, -0.2) is 37.1 Å². The van der Waals surface area contributed by atoms with Gasteiger partial charge in [0.1, 0.15) is 0 Å². The van der Waals surface area contributed by atoms with Crippen molar-refractivity contribution in [2.75, 3.05) is 25.5 Å². The zero-order valence-corrected chi connectivity index (χ0v) is 15.1. The molecule has 0 aliphatic carbocycles. The minimum absolute atomic E-state index is 0.183. The number of nitrogens with zero attached hydrogens (tertiary/aromatic N) is 4. The van der Waals surface area contributed by atoms with E-state index in [0.29, 0.717) is 19.3 Å². The van der Waals surface area contributed by atoms with Gasteiger partial charge in [-0.2, -0.15) is 10.2 Å². The molecule has 1 amide bonds. The van der Waals surface area contributed by atoms with Crippen molar-refractivity contribution < 1.29 is 4.79 Å². The van der Waals surface area contributed by atoms with Crippen molar-refractivity contribution in [3.8, 4) is 12.3 Å². The summed E-state index contributed by atoms with van der Waals surface area (Å²) in [7, 11) is 4.07. The van der Waals surface area contributed by atoms with E-state index in [2.05, 4.69) is 45.3 Å². The summed E-state index contributed by atoms with van der Waals surface area (Å²) >= 11 is 0. The molecule has 0 aromatic heterocycles. The zero-order chi connectivity index (χ0) is 17.9. The Morgan fingerprint density at radius 3 is 2.88 bits per heavy atom. The van der Waals surface area contributed by atoms with Crippen LogP contribution in [0.15, 0.2) is 34.5 Å². The van der Waals surface area contributed by atoms with Gasteiger partial charge in [-0.05, 0) is 30.5 Å². The Hall–Kier alpha value is -2.35. The fraction of sp³-hybridized carbons (Fsp3) is 0.550. The van der Waals surface area contributed by atoms with Gasteiger partial charge in [-0.3, -0.25) is 4.79 Å². The third kappa shape index (κ3) is 4.01. The van der Waals surface area contributed by atoms with E-state index in [1.807, 2.05) is 19.0 Å². The van der Waals surface area contributed by atoms with E-state index in [4.69, 9.17) is 6.42 Å². The standard InChI is InChI=1S/C20H26N4O/c1-4-5-12-20(21-22-20)13-11-19(25)24-14-7-10-18(24)16-8-6-9-17(15-16)23(2)3/h1,6,8-9,15,18H,5,7,10-14H2,2-3H3. The molecule has 1 unspecified atom stereocenters. The molecule has 2 aliphatic heterocycles. The number of hydrogen-bond donors (Lipinski definition) is 0. The van der Waals surface area contributed by atoms with Gasteiger partial charge in [0.2, 0.25) is 5.91 Å². The van der Waals surface area contributed by atoms with Crippen molar-refractivity contribution >= 4 is 11.6 Å². The van der Waals surface area contributed by atoms with Gasteiger partial charge >= 0.3 is 0 Å². The van der Waals surface area contributed by atoms with Crippen LogP contribution in [0.5, 0.6) is 0 Å². The van der Waals surface area contributed by atoms with Crippen molar-refractivity contribution in [2.45, 2.75) is 50.2 Å². The van der Waals surface area contributed by atoms with Crippen molar-refractivity contribution in [3.63, 3.8) is 0 Å². The zero-order valence-electron chi connectivity index (χ0n) is 15.1. The number of benzene rings is 1. The second kappa shape index (κ2) is 7.26. The number of hydrogen-bond acceptors (Lipinski definition) is 4.